The maximum absolute atomic E-state index is 5.13. The summed E-state index contributed by atoms with van der Waals surface area (Å²) in [5.74, 6) is 0.898. The summed E-state index contributed by atoms with van der Waals surface area (Å²) in [6.07, 6.45) is 20.8. The fraction of sp³-hybridized carbons (Fsp3) is 0.111. The first-order valence-corrected chi connectivity index (χ1v) is 16.6. The summed E-state index contributed by atoms with van der Waals surface area (Å²) in [7, 11) is 0. The monoisotopic (exact) mass is 621 g/mol. The van der Waals surface area contributed by atoms with E-state index in [2.05, 4.69) is 133 Å². The van der Waals surface area contributed by atoms with Crippen LogP contribution in [0, 0.1) is 0 Å². The second kappa shape index (κ2) is 13.5. The molecular weight excluding hydrogens is 583 g/mol. The van der Waals surface area contributed by atoms with Crippen molar-refractivity contribution in [2.75, 3.05) is 6.54 Å². The van der Waals surface area contributed by atoms with Gasteiger partial charge >= 0.3 is 0 Å². The first-order valence-electron chi connectivity index (χ1n) is 16.6. The normalized spacial score (nSPS) is 16.7. The molecule has 4 aromatic carbocycles. The molecule has 0 fully saturated rings. The third kappa shape index (κ3) is 6.03. The molecule has 0 saturated carbocycles. The van der Waals surface area contributed by atoms with Crippen molar-refractivity contribution >= 4 is 39.5 Å². The Hall–Kier alpha value is -5.80. The smallest absolute Gasteiger partial charge is 0.141 e. The molecule has 0 unspecified atom stereocenters. The molecule has 2 heterocycles. The van der Waals surface area contributed by atoms with Crippen LogP contribution >= 0.6 is 0 Å². The Bertz CT molecular complexity index is 2210. The molecule has 0 amide bonds. The van der Waals surface area contributed by atoms with E-state index in [0.29, 0.717) is 12.2 Å². The second-order valence-electron chi connectivity index (χ2n) is 12.3. The highest BCUT2D eigenvalue weighted by Gasteiger charge is 2.30. The molecular formula is C45H39N3. The minimum absolute atomic E-state index is 0.541. The van der Waals surface area contributed by atoms with Gasteiger partial charge in [0.05, 0.1) is 17.9 Å². The van der Waals surface area contributed by atoms with Crippen LogP contribution < -0.4 is 0 Å². The first-order chi connectivity index (χ1) is 23.5. The molecule has 2 aliphatic heterocycles. The molecule has 0 radical (unpaired) electrons. The lowest BCUT2D eigenvalue weighted by Gasteiger charge is -2.26. The third-order valence-electron chi connectivity index (χ3n) is 9.15. The zero-order valence-corrected chi connectivity index (χ0v) is 27.7. The van der Waals surface area contributed by atoms with E-state index in [1.807, 2.05) is 38.2 Å². The molecule has 3 heteroatoms. The maximum atomic E-state index is 5.13. The van der Waals surface area contributed by atoms with Crippen LogP contribution in [0.3, 0.4) is 0 Å². The molecule has 0 atom stereocenters. The number of hydrogen-bond donors (Lipinski definition) is 0. The van der Waals surface area contributed by atoms with Crippen LogP contribution in [0.2, 0.25) is 0 Å². The van der Waals surface area contributed by atoms with Gasteiger partial charge in [-0.25, -0.2) is 0 Å². The van der Waals surface area contributed by atoms with Crippen molar-refractivity contribution in [3.8, 4) is 0 Å². The average Bonchev–Trinajstić information content (AvgIpc) is 3.55. The fourth-order valence-electron chi connectivity index (χ4n) is 6.73. The topological polar surface area (TPSA) is 28.0 Å². The number of aryl methyl sites for hydroxylation is 1. The molecule has 3 aliphatic rings. The summed E-state index contributed by atoms with van der Waals surface area (Å²) in [5, 5.41) is 2.42. The second-order valence-corrected chi connectivity index (χ2v) is 12.3. The predicted molar refractivity (Wildman–Crippen MR) is 206 cm³/mol. The van der Waals surface area contributed by atoms with Crippen molar-refractivity contribution in [1.82, 2.24) is 4.90 Å². The van der Waals surface area contributed by atoms with E-state index < -0.39 is 0 Å². The van der Waals surface area contributed by atoms with Crippen molar-refractivity contribution in [2.45, 2.75) is 26.7 Å². The molecule has 234 valence electrons. The van der Waals surface area contributed by atoms with Gasteiger partial charge in [0.25, 0.3) is 0 Å². The Morgan fingerprint density at radius 2 is 1.67 bits per heavy atom. The molecule has 0 saturated heterocycles. The molecule has 48 heavy (non-hydrogen) atoms. The van der Waals surface area contributed by atoms with Crippen molar-refractivity contribution in [2.24, 2.45) is 9.98 Å². The molecule has 3 nitrogen and oxygen atoms in total. The fourth-order valence-corrected chi connectivity index (χ4v) is 6.73. The van der Waals surface area contributed by atoms with Crippen molar-refractivity contribution < 1.29 is 0 Å². The van der Waals surface area contributed by atoms with E-state index in [-0.39, 0.29) is 0 Å². The summed E-state index contributed by atoms with van der Waals surface area (Å²) >= 11 is 0. The van der Waals surface area contributed by atoms with Crippen LogP contribution in [0.15, 0.2) is 174 Å². The first kappa shape index (κ1) is 30.8. The Kier molecular flexibility index (Phi) is 8.68. The van der Waals surface area contributed by atoms with Gasteiger partial charge in [0.2, 0.25) is 0 Å². The predicted octanol–water partition coefficient (Wildman–Crippen LogP) is 10.9. The van der Waals surface area contributed by atoms with Crippen LogP contribution in [0.1, 0.15) is 53.6 Å². The zero-order valence-electron chi connectivity index (χ0n) is 27.7. The van der Waals surface area contributed by atoms with Gasteiger partial charge in [-0.3, -0.25) is 9.98 Å². The third-order valence-corrected chi connectivity index (χ3v) is 9.15. The summed E-state index contributed by atoms with van der Waals surface area (Å²) in [6.45, 7) is 13.4. The van der Waals surface area contributed by atoms with Gasteiger partial charge in [-0.05, 0) is 107 Å². The molecule has 0 aromatic heterocycles. The van der Waals surface area contributed by atoms with Gasteiger partial charge in [0.15, 0.2) is 0 Å². The van der Waals surface area contributed by atoms with Crippen LogP contribution in [0.25, 0.3) is 28.0 Å². The van der Waals surface area contributed by atoms with E-state index in [0.717, 1.165) is 69.1 Å². The SMILES string of the molecule is C=C(/C=C\C=C/C)N=C(C)C1=CC=CN2C1=NC/C2=C(/c1ccc2ccccc2c1)c1ccccc1C(=C)c1ccc2c(c1)C=CCC2. The highest BCUT2D eigenvalue weighted by molar-refractivity contribution is 6.25. The number of fused-ring (bicyclic) bond motifs is 3. The molecule has 0 N–H and O–H groups in total. The number of benzene rings is 4. The number of nitrogens with zero attached hydrogens (tertiary/aromatic N) is 3. The van der Waals surface area contributed by atoms with E-state index in [1.165, 1.54) is 21.9 Å². The average molecular weight is 622 g/mol. The maximum Gasteiger partial charge on any atom is 0.141 e. The molecule has 0 bridgehead atoms. The van der Waals surface area contributed by atoms with E-state index >= 15 is 0 Å². The van der Waals surface area contributed by atoms with Gasteiger partial charge in [0.1, 0.15) is 5.84 Å². The largest absolute Gasteiger partial charge is 0.303 e. The lowest BCUT2D eigenvalue weighted by molar-refractivity contribution is 0.715. The minimum atomic E-state index is 0.541. The van der Waals surface area contributed by atoms with Crippen LogP contribution in [0.4, 0.5) is 0 Å². The summed E-state index contributed by atoms with van der Waals surface area (Å²) < 4.78 is 0. The summed E-state index contributed by atoms with van der Waals surface area (Å²) in [5.41, 5.74) is 13.1. The number of aliphatic imine (C=N–C) groups is 2. The van der Waals surface area contributed by atoms with Crippen LogP contribution in [-0.4, -0.2) is 23.0 Å². The van der Waals surface area contributed by atoms with Crippen molar-refractivity contribution in [1.29, 1.82) is 0 Å². The lowest BCUT2D eigenvalue weighted by atomic mass is 9.85. The number of hydrogen-bond acceptors (Lipinski definition) is 3. The number of amidine groups is 1. The van der Waals surface area contributed by atoms with E-state index in [1.54, 1.807) is 0 Å². The Morgan fingerprint density at radius 1 is 0.875 bits per heavy atom. The van der Waals surface area contributed by atoms with Gasteiger partial charge in [-0.1, -0.05) is 116 Å². The van der Waals surface area contributed by atoms with Crippen molar-refractivity contribution in [3.05, 3.63) is 197 Å². The van der Waals surface area contributed by atoms with Crippen molar-refractivity contribution in [3.63, 3.8) is 0 Å². The van der Waals surface area contributed by atoms with Gasteiger partial charge in [-0.2, -0.15) is 0 Å². The molecule has 4 aromatic rings. The van der Waals surface area contributed by atoms with E-state index in [9.17, 15) is 0 Å². The number of allylic oxidation sites excluding steroid dienone is 7. The van der Waals surface area contributed by atoms with Gasteiger partial charge < -0.3 is 4.90 Å². The lowest BCUT2D eigenvalue weighted by Crippen LogP contribution is -2.28. The summed E-state index contributed by atoms with van der Waals surface area (Å²) in [4.78, 5) is 12.2. The standard InChI is InChI=1S/C45H39N3/c1-5-6-7-15-31(2)47-33(4)41-22-14-27-48-43(30-46-45(41)48)44(39-26-24-35-17-9-11-19-38(35)29-39)42-21-13-12-20-40(42)32(3)36-25-23-34-16-8-10-18-37(34)28-36/h5-7,9-15,17-29H,2-3,8,16,30H2,1,4H3/b6-5-,15-7-,44-43+,47-33?. The van der Waals surface area contributed by atoms with Gasteiger partial charge in [0, 0.05) is 23.1 Å². The quantitative estimate of drug-likeness (QED) is 0.142. The van der Waals surface area contributed by atoms with Crippen LogP contribution in [-0.2, 0) is 6.42 Å². The highest BCUT2D eigenvalue weighted by atomic mass is 15.2. The molecule has 1 aliphatic carbocycles. The van der Waals surface area contributed by atoms with E-state index in [4.69, 9.17) is 9.98 Å². The van der Waals surface area contributed by atoms with Crippen LogP contribution in [0.5, 0.6) is 0 Å². The molecule has 7 rings (SSSR count). The Balaban J connectivity index is 1.35. The number of rotatable bonds is 8. The Labute approximate surface area is 284 Å². The van der Waals surface area contributed by atoms with Gasteiger partial charge in [-0.15, -0.1) is 0 Å². The Morgan fingerprint density at radius 3 is 2.52 bits per heavy atom. The summed E-state index contributed by atoms with van der Waals surface area (Å²) in [6, 6.07) is 30.8. The minimum Gasteiger partial charge on any atom is -0.303 e. The highest BCUT2D eigenvalue weighted by Crippen LogP contribution is 2.39. The zero-order chi connectivity index (χ0) is 33.0. The molecule has 0 spiro atoms.